The molecular formula is C30H22Cl3NO3S. The zero-order valence-corrected chi connectivity index (χ0v) is 23.3. The summed E-state index contributed by atoms with van der Waals surface area (Å²) in [7, 11) is 1.37. The van der Waals surface area contributed by atoms with Crippen LogP contribution in [0.3, 0.4) is 0 Å². The van der Waals surface area contributed by atoms with E-state index in [1.54, 1.807) is 12.1 Å². The van der Waals surface area contributed by atoms with E-state index in [-0.39, 0.29) is 6.61 Å². The molecule has 0 amide bonds. The lowest BCUT2D eigenvalue weighted by molar-refractivity contribution is 0.0589. The van der Waals surface area contributed by atoms with Gasteiger partial charge in [0.1, 0.15) is 5.69 Å². The van der Waals surface area contributed by atoms with Crippen molar-refractivity contribution in [3.05, 3.63) is 117 Å². The van der Waals surface area contributed by atoms with E-state index in [1.165, 1.54) is 18.9 Å². The van der Waals surface area contributed by atoms with E-state index < -0.39 is 5.97 Å². The van der Waals surface area contributed by atoms with Crippen LogP contribution in [0.15, 0.2) is 94.7 Å². The Morgan fingerprint density at radius 1 is 0.842 bits per heavy atom. The average molecular weight is 583 g/mol. The Labute approximate surface area is 239 Å². The van der Waals surface area contributed by atoms with Gasteiger partial charge < -0.3 is 14.4 Å². The zero-order valence-electron chi connectivity index (χ0n) is 20.3. The normalized spacial score (nSPS) is 11.2. The molecule has 0 aliphatic heterocycles. The second-order valence-electron chi connectivity index (χ2n) is 8.68. The Kier molecular flexibility index (Phi) is 8.03. The molecule has 4 aromatic carbocycles. The highest BCUT2D eigenvalue weighted by Gasteiger charge is 2.20. The summed E-state index contributed by atoms with van der Waals surface area (Å²) in [5.74, 6) is -0.435. The molecule has 192 valence electrons. The summed E-state index contributed by atoms with van der Waals surface area (Å²) in [5.41, 5.74) is 5.16. The van der Waals surface area contributed by atoms with Crippen LogP contribution in [0.1, 0.15) is 21.6 Å². The molecule has 1 heterocycles. The molecule has 0 unspecified atom stereocenters. The van der Waals surface area contributed by atoms with E-state index >= 15 is 0 Å². The van der Waals surface area contributed by atoms with Gasteiger partial charge in [0.25, 0.3) is 0 Å². The Bertz CT molecular complexity index is 1650. The van der Waals surface area contributed by atoms with Crippen molar-refractivity contribution in [2.24, 2.45) is 0 Å². The lowest BCUT2D eigenvalue weighted by atomic mass is 10.0. The van der Waals surface area contributed by atoms with Crippen LogP contribution in [0.25, 0.3) is 22.0 Å². The topological polar surface area (TPSA) is 51.5 Å². The second-order valence-corrected chi connectivity index (χ2v) is 11.0. The van der Waals surface area contributed by atoms with Crippen molar-refractivity contribution in [1.82, 2.24) is 4.57 Å². The number of halogens is 3. The van der Waals surface area contributed by atoms with Crippen molar-refractivity contribution in [1.29, 1.82) is 0 Å². The largest absolute Gasteiger partial charge is 0.464 e. The molecule has 0 radical (unpaired) electrons. The second kappa shape index (κ2) is 11.4. The summed E-state index contributed by atoms with van der Waals surface area (Å²) < 4.78 is 7.03. The molecule has 0 bridgehead atoms. The first kappa shape index (κ1) is 26.7. The molecule has 5 aromatic rings. The van der Waals surface area contributed by atoms with E-state index in [9.17, 15) is 9.90 Å². The minimum Gasteiger partial charge on any atom is -0.464 e. The van der Waals surface area contributed by atoms with E-state index in [2.05, 4.69) is 0 Å². The fourth-order valence-electron chi connectivity index (χ4n) is 4.33. The number of aliphatic hydroxyl groups is 1. The van der Waals surface area contributed by atoms with Gasteiger partial charge in [-0.3, -0.25) is 0 Å². The molecule has 4 nitrogen and oxygen atoms in total. The highest BCUT2D eigenvalue weighted by molar-refractivity contribution is 7.99. The lowest BCUT2D eigenvalue weighted by Gasteiger charge is -2.12. The van der Waals surface area contributed by atoms with Crippen LogP contribution in [0.4, 0.5) is 0 Å². The van der Waals surface area contributed by atoms with Gasteiger partial charge in [-0.15, -0.1) is 0 Å². The molecule has 0 fully saturated rings. The Morgan fingerprint density at radius 3 is 2.34 bits per heavy atom. The van der Waals surface area contributed by atoms with Gasteiger partial charge >= 0.3 is 5.97 Å². The summed E-state index contributed by atoms with van der Waals surface area (Å²) in [6, 6.07) is 26.8. The third kappa shape index (κ3) is 5.58. The number of carbonyl (C=O) groups excluding carboxylic acids is 1. The highest BCUT2D eigenvalue weighted by Crippen LogP contribution is 2.41. The number of aromatic nitrogens is 1. The maximum Gasteiger partial charge on any atom is 0.354 e. The number of rotatable bonds is 7. The average Bonchev–Trinajstić information content (AvgIpc) is 3.28. The van der Waals surface area contributed by atoms with Crippen molar-refractivity contribution >= 4 is 63.4 Å². The number of nitrogens with zero attached hydrogens (tertiary/aromatic N) is 1. The number of aliphatic hydroxyl groups excluding tert-OH is 1. The van der Waals surface area contributed by atoms with E-state index in [4.69, 9.17) is 39.5 Å². The first-order chi connectivity index (χ1) is 18.4. The highest BCUT2D eigenvalue weighted by atomic mass is 35.5. The van der Waals surface area contributed by atoms with Crippen LogP contribution in [0.5, 0.6) is 0 Å². The number of carbonyl (C=O) groups is 1. The molecule has 1 aromatic heterocycles. The quantitative estimate of drug-likeness (QED) is 0.195. The van der Waals surface area contributed by atoms with E-state index in [0.717, 1.165) is 42.9 Å². The van der Waals surface area contributed by atoms with Gasteiger partial charge in [0, 0.05) is 31.8 Å². The summed E-state index contributed by atoms with van der Waals surface area (Å²) in [6.45, 7) is 0.438. The molecule has 0 spiro atoms. The molecule has 0 aliphatic carbocycles. The van der Waals surface area contributed by atoms with Gasteiger partial charge in [0.2, 0.25) is 0 Å². The van der Waals surface area contributed by atoms with Crippen molar-refractivity contribution in [2.75, 3.05) is 7.11 Å². The van der Waals surface area contributed by atoms with Crippen molar-refractivity contribution in [3.8, 4) is 11.1 Å². The Morgan fingerprint density at radius 2 is 1.63 bits per heavy atom. The minimum atomic E-state index is -0.435. The van der Waals surface area contributed by atoms with E-state index in [0.29, 0.717) is 27.3 Å². The molecule has 1 N–H and O–H groups in total. The van der Waals surface area contributed by atoms with Gasteiger partial charge in [0.15, 0.2) is 0 Å². The third-order valence-corrected chi connectivity index (χ3v) is 8.21. The third-order valence-electron chi connectivity index (χ3n) is 6.19. The first-order valence-corrected chi connectivity index (χ1v) is 13.6. The van der Waals surface area contributed by atoms with Gasteiger partial charge in [-0.1, -0.05) is 89.0 Å². The predicted octanol–water partition coefficient (Wildman–Crippen LogP) is 8.75. The number of hydrogen-bond donors (Lipinski definition) is 1. The van der Waals surface area contributed by atoms with Gasteiger partial charge in [-0.05, 0) is 64.7 Å². The smallest absolute Gasteiger partial charge is 0.354 e. The summed E-state index contributed by atoms with van der Waals surface area (Å²) in [5, 5.41) is 12.0. The molecule has 0 atom stereocenters. The van der Waals surface area contributed by atoms with Gasteiger partial charge in [-0.25, -0.2) is 4.79 Å². The standard InChI is InChI=1S/C30H22Cl3NO3S/c1-37-30(36)27-15-24-26(13-23(32)14-29(24)38-28-10-9-22(31)12-25(28)33)34(27)16-18-5-7-20(8-6-18)21-4-2-3-19(11-21)17-35/h2-15,35H,16-17H2,1H3. The molecule has 5 rings (SSSR count). The number of fused-ring (bicyclic) bond motifs is 1. The summed E-state index contributed by atoms with van der Waals surface area (Å²) >= 11 is 20.5. The monoisotopic (exact) mass is 581 g/mol. The van der Waals surface area contributed by atoms with E-state index in [1.807, 2.05) is 77.4 Å². The van der Waals surface area contributed by atoms with Crippen molar-refractivity contribution in [2.45, 2.75) is 22.9 Å². The fraction of sp³-hybridized carbons (Fsp3) is 0.100. The zero-order chi connectivity index (χ0) is 26.8. The number of esters is 1. The molecule has 8 heteroatoms. The molecule has 0 aliphatic rings. The number of methoxy groups -OCH3 is 1. The lowest BCUT2D eigenvalue weighted by Crippen LogP contribution is -2.11. The summed E-state index contributed by atoms with van der Waals surface area (Å²) in [4.78, 5) is 14.5. The van der Waals surface area contributed by atoms with Crippen LogP contribution in [0, 0.1) is 0 Å². The van der Waals surface area contributed by atoms with Crippen molar-refractivity contribution in [3.63, 3.8) is 0 Å². The maximum absolute atomic E-state index is 12.8. The number of hydrogen-bond acceptors (Lipinski definition) is 4. The molecule has 0 saturated carbocycles. The Balaban J connectivity index is 1.54. The SMILES string of the molecule is COC(=O)c1cc2c(Sc3ccc(Cl)cc3Cl)cc(Cl)cc2n1Cc1ccc(-c2cccc(CO)c2)cc1. The van der Waals surface area contributed by atoms with Crippen LogP contribution in [0.2, 0.25) is 15.1 Å². The Hall–Kier alpha value is -2.93. The van der Waals surface area contributed by atoms with Gasteiger partial charge in [0.05, 0.1) is 24.3 Å². The maximum atomic E-state index is 12.8. The fourth-order valence-corrected chi connectivity index (χ4v) is 6.12. The first-order valence-electron chi connectivity index (χ1n) is 11.7. The molecule has 38 heavy (non-hydrogen) atoms. The van der Waals surface area contributed by atoms with Crippen LogP contribution in [-0.4, -0.2) is 22.8 Å². The van der Waals surface area contributed by atoms with Crippen LogP contribution >= 0.6 is 46.6 Å². The number of benzene rings is 4. The minimum absolute atomic E-state index is 0.00398. The van der Waals surface area contributed by atoms with Crippen LogP contribution in [-0.2, 0) is 17.9 Å². The predicted molar refractivity (Wildman–Crippen MR) is 156 cm³/mol. The summed E-state index contributed by atoms with van der Waals surface area (Å²) in [6.07, 6.45) is 0. The van der Waals surface area contributed by atoms with Gasteiger partial charge in [-0.2, -0.15) is 0 Å². The molecular weight excluding hydrogens is 561 g/mol. The van der Waals surface area contributed by atoms with Crippen LogP contribution < -0.4 is 0 Å². The molecule has 0 saturated heterocycles. The van der Waals surface area contributed by atoms with Crippen molar-refractivity contribution < 1.29 is 14.6 Å². The number of ether oxygens (including phenoxy) is 1.